The van der Waals surface area contributed by atoms with Crippen LogP contribution in [-0.2, 0) is 9.84 Å². The van der Waals surface area contributed by atoms with Gasteiger partial charge in [-0.05, 0) is 19.4 Å². The van der Waals surface area contributed by atoms with E-state index in [1.807, 2.05) is 25.1 Å². The van der Waals surface area contributed by atoms with Crippen molar-refractivity contribution in [2.45, 2.75) is 24.8 Å². The average Bonchev–Trinajstić information content (AvgIpc) is 2.89. The molecule has 0 aliphatic carbocycles. The zero-order valence-electron chi connectivity index (χ0n) is 11.1. The van der Waals surface area contributed by atoms with Gasteiger partial charge < -0.3 is 10.1 Å². The first-order chi connectivity index (χ1) is 8.98. The lowest BCUT2D eigenvalue weighted by Gasteiger charge is -2.25. The maximum atomic E-state index is 11.6. The molecular formula is C14H19NO3S. The number of benzene rings is 1. The Hall–Kier alpha value is -1.07. The summed E-state index contributed by atoms with van der Waals surface area (Å²) in [5.74, 6) is 1.82. The highest BCUT2D eigenvalue weighted by atomic mass is 32.2. The van der Waals surface area contributed by atoms with Crippen molar-refractivity contribution in [1.82, 2.24) is 5.32 Å². The molecule has 1 aromatic rings. The molecule has 1 fully saturated rings. The summed E-state index contributed by atoms with van der Waals surface area (Å²) >= 11 is 0. The summed E-state index contributed by atoms with van der Waals surface area (Å²) in [6, 6.07) is 8.06. The maximum Gasteiger partial charge on any atom is 0.152 e. The monoisotopic (exact) mass is 281 g/mol. The van der Waals surface area contributed by atoms with Crippen LogP contribution < -0.4 is 10.1 Å². The molecule has 4 nitrogen and oxygen atoms in total. The van der Waals surface area contributed by atoms with E-state index >= 15 is 0 Å². The van der Waals surface area contributed by atoms with Gasteiger partial charge in [0.15, 0.2) is 9.84 Å². The summed E-state index contributed by atoms with van der Waals surface area (Å²) in [6.07, 6.45) is 0.699. The SMILES string of the molecule is CC1(NCC2COc3ccccc32)CCS(=O)(=O)C1. The van der Waals surface area contributed by atoms with Crippen LogP contribution in [-0.4, -0.2) is 38.6 Å². The van der Waals surface area contributed by atoms with Crippen molar-refractivity contribution in [2.75, 3.05) is 24.7 Å². The molecule has 2 atom stereocenters. The molecule has 2 aliphatic heterocycles. The summed E-state index contributed by atoms with van der Waals surface area (Å²) in [4.78, 5) is 0. The lowest BCUT2D eigenvalue weighted by atomic mass is 9.97. The molecule has 2 heterocycles. The van der Waals surface area contributed by atoms with Gasteiger partial charge in [0, 0.05) is 23.6 Å². The second-order valence-corrected chi connectivity index (χ2v) is 8.01. The van der Waals surface area contributed by atoms with Gasteiger partial charge in [0.25, 0.3) is 0 Å². The highest BCUT2D eigenvalue weighted by Crippen LogP contribution is 2.33. The number of ether oxygens (including phenoxy) is 1. The lowest BCUT2D eigenvalue weighted by Crippen LogP contribution is -2.45. The highest BCUT2D eigenvalue weighted by Gasteiger charge is 2.38. The van der Waals surface area contributed by atoms with Gasteiger partial charge in [-0.1, -0.05) is 18.2 Å². The van der Waals surface area contributed by atoms with Crippen LogP contribution in [0.25, 0.3) is 0 Å². The Morgan fingerprint density at radius 1 is 1.42 bits per heavy atom. The number of nitrogens with one attached hydrogen (secondary N) is 1. The average molecular weight is 281 g/mol. The summed E-state index contributed by atoms with van der Waals surface area (Å²) in [5.41, 5.74) is 0.940. The van der Waals surface area contributed by atoms with Crippen LogP contribution in [0, 0.1) is 0 Å². The number of hydrogen-bond donors (Lipinski definition) is 1. The molecule has 19 heavy (non-hydrogen) atoms. The molecule has 0 saturated carbocycles. The Morgan fingerprint density at radius 3 is 2.95 bits per heavy atom. The lowest BCUT2D eigenvalue weighted by molar-refractivity contribution is 0.308. The first-order valence-electron chi connectivity index (χ1n) is 6.65. The molecule has 2 unspecified atom stereocenters. The van der Waals surface area contributed by atoms with E-state index in [9.17, 15) is 8.42 Å². The maximum absolute atomic E-state index is 11.6. The van der Waals surface area contributed by atoms with Crippen LogP contribution >= 0.6 is 0 Å². The van der Waals surface area contributed by atoms with E-state index in [4.69, 9.17) is 4.74 Å². The summed E-state index contributed by atoms with van der Waals surface area (Å²) in [7, 11) is -2.85. The quantitative estimate of drug-likeness (QED) is 0.908. The Labute approximate surface area is 114 Å². The standard InChI is InChI=1S/C14H19NO3S/c1-14(6-7-19(16,17)10-14)15-8-11-9-18-13-5-3-2-4-12(11)13/h2-5,11,15H,6-10H2,1H3. The number of rotatable bonds is 3. The fourth-order valence-corrected chi connectivity index (χ4v) is 5.04. The molecule has 5 heteroatoms. The van der Waals surface area contributed by atoms with Crippen LogP contribution in [0.3, 0.4) is 0 Å². The zero-order chi connectivity index (χ0) is 13.5. The molecule has 104 valence electrons. The molecule has 1 aromatic carbocycles. The minimum absolute atomic E-state index is 0.245. The predicted octanol–water partition coefficient (Wildman–Crippen LogP) is 1.33. The van der Waals surface area contributed by atoms with E-state index in [1.165, 1.54) is 5.56 Å². The third-order valence-electron chi connectivity index (χ3n) is 4.08. The van der Waals surface area contributed by atoms with E-state index < -0.39 is 9.84 Å². The van der Waals surface area contributed by atoms with E-state index in [2.05, 4.69) is 11.4 Å². The zero-order valence-corrected chi connectivity index (χ0v) is 11.9. The fraction of sp³-hybridized carbons (Fsp3) is 0.571. The van der Waals surface area contributed by atoms with Crippen LogP contribution in [0.2, 0.25) is 0 Å². The van der Waals surface area contributed by atoms with Gasteiger partial charge in [0.1, 0.15) is 5.75 Å². The van der Waals surface area contributed by atoms with Crippen LogP contribution in [0.15, 0.2) is 24.3 Å². The molecule has 0 bridgehead atoms. The Bertz CT molecular complexity index is 584. The van der Waals surface area contributed by atoms with Crippen molar-refractivity contribution in [1.29, 1.82) is 0 Å². The molecule has 0 aromatic heterocycles. The largest absolute Gasteiger partial charge is 0.493 e. The van der Waals surface area contributed by atoms with Gasteiger partial charge in [0.2, 0.25) is 0 Å². The van der Waals surface area contributed by atoms with E-state index in [1.54, 1.807) is 0 Å². The second kappa shape index (κ2) is 4.49. The van der Waals surface area contributed by atoms with Crippen LogP contribution in [0.5, 0.6) is 5.75 Å². The second-order valence-electron chi connectivity index (χ2n) is 5.83. The van der Waals surface area contributed by atoms with Crippen LogP contribution in [0.1, 0.15) is 24.8 Å². The minimum Gasteiger partial charge on any atom is -0.493 e. The fourth-order valence-electron chi connectivity index (χ4n) is 2.92. The number of fused-ring (bicyclic) bond motifs is 1. The molecule has 2 aliphatic rings. The third-order valence-corrected chi connectivity index (χ3v) is 5.98. The normalized spacial score (nSPS) is 31.9. The molecule has 1 saturated heterocycles. The van der Waals surface area contributed by atoms with E-state index in [0.29, 0.717) is 24.7 Å². The molecule has 0 spiro atoms. The molecule has 3 rings (SSSR count). The first-order valence-corrected chi connectivity index (χ1v) is 8.47. The number of hydrogen-bond acceptors (Lipinski definition) is 4. The first kappa shape index (κ1) is 12.9. The van der Waals surface area contributed by atoms with Crippen molar-refractivity contribution in [2.24, 2.45) is 0 Å². The van der Waals surface area contributed by atoms with Gasteiger partial charge in [-0.15, -0.1) is 0 Å². The smallest absolute Gasteiger partial charge is 0.152 e. The van der Waals surface area contributed by atoms with Gasteiger partial charge >= 0.3 is 0 Å². The van der Waals surface area contributed by atoms with Crippen molar-refractivity contribution in [3.05, 3.63) is 29.8 Å². The molecule has 0 amide bonds. The third kappa shape index (κ3) is 2.62. The highest BCUT2D eigenvalue weighted by molar-refractivity contribution is 7.91. The molecule has 0 radical (unpaired) electrons. The number of sulfone groups is 1. The van der Waals surface area contributed by atoms with Gasteiger partial charge in [-0.2, -0.15) is 0 Å². The van der Waals surface area contributed by atoms with E-state index in [-0.39, 0.29) is 11.3 Å². The Kier molecular flexibility index (Phi) is 3.06. The summed E-state index contributed by atoms with van der Waals surface area (Å²) in [5, 5.41) is 3.44. The Balaban J connectivity index is 1.65. The topological polar surface area (TPSA) is 55.4 Å². The van der Waals surface area contributed by atoms with Gasteiger partial charge in [-0.3, -0.25) is 0 Å². The van der Waals surface area contributed by atoms with Crippen molar-refractivity contribution in [3.8, 4) is 5.75 Å². The van der Waals surface area contributed by atoms with E-state index in [0.717, 1.165) is 12.3 Å². The number of para-hydroxylation sites is 1. The summed E-state index contributed by atoms with van der Waals surface area (Å²) < 4.78 is 28.8. The molecular weight excluding hydrogens is 262 g/mol. The van der Waals surface area contributed by atoms with Crippen molar-refractivity contribution >= 4 is 9.84 Å². The minimum atomic E-state index is -2.85. The Morgan fingerprint density at radius 2 is 2.21 bits per heavy atom. The van der Waals surface area contributed by atoms with Crippen LogP contribution in [0.4, 0.5) is 0 Å². The van der Waals surface area contributed by atoms with Crippen molar-refractivity contribution in [3.63, 3.8) is 0 Å². The van der Waals surface area contributed by atoms with Crippen molar-refractivity contribution < 1.29 is 13.2 Å². The predicted molar refractivity (Wildman–Crippen MR) is 74.4 cm³/mol. The molecule has 1 N–H and O–H groups in total. The van der Waals surface area contributed by atoms with Gasteiger partial charge in [-0.25, -0.2) is 8.42 Å². The van der Waals surface area contributed by atoms with Gasteiger partial charge in [0.05, 0.1) is 18.1 Å². The summed E-state index contributed by atoms with van der Waals surface area (Å²) in [6.45, 7) is 3.44.